The molecule has 1 aromatic carbocycles. The van der Waals surface area contributed by atoms with Gasteiger partial charge in [0.15, 0.2) is 11.6 Å². The highest BCUT2D eigenvalue weighted by atomic mass is 79.9. The number of halogens is 3. The Bertz CT molecular complexity index is 542. The average Bonchev–Trinajstić information content (AvgIpc) is 2.66. The van der Waals surface area contributed by atoms with Gasteiger partial charge in [-0.1, -0.05) is 11.6 Å². The van der Waals surface area contributed by atoms with Gasteiger partial charge in [-0.3, -0.25) is 0 Å². The number of nitrogens with one attached hydrogen (secondary N) is 1. The van der Waals surface area contributed by atoms with E-state index in [1.165, 1.54) is 24.5 Å². The van der Waals surface area contributed by atoms with Crippen LogP contribution in [0.15, 0.2) is 28.7 Å². The summed E-state index contributed by atoms with van der Waals surface area (Å²) >= 11 is 10.8. The molecule has 18 heavy (non-hydrogen) atoms. The van der Waals surface area contributed by atoms with Crippen LogP contribution in [-0.2, 0) is 6.54 Å². The lowest BCUT2D eigenvalue weighted by Crippen LogP contribution is -1.98. The van der Waals surface area contributed by atoms with Crippen molar-refractivity contribution in [1.82, 2.24) is 0 Å². The van der Waals surface area contributed by atoms with Gasteiger partial charge in [0.25, 0.3) is 0 Å². The summed E-state index contributed by atoms with van der Waals surface area (Å²) in [6.07, 6.45) is 0. The van der Waals surface area contributed by atoms with Crippen LogP contribution < -0.4 is 10.1 Å². The first-order valence-corrected chi connectivity index (χ1v) is 7.10. The van der Waals surface area contributed by atoms with Gasteiger partial charge < -0.3 is 10.1 Å². The molecule has 1 aromatic heterocycles. The number of rotatable bonds is 4. The molecule has 0 aliphatic heterocycles. The lowest BCUT2D eigenvalue weighted by Gasteiger charge is -2.07. The molecule has 2 aromatic rings. The van der Waals surface area contributed by atoms with Crippen molar-refractivity contribution in [3.05, 3.63) is 43.8 Å². The van der Waals surface area contributed by atoms with Gasteiger partial charge in [0, 0.05) is 27.6 Å². The van der Waals surface area contributed by atoms with Gasteiger partial charge in [0.2, 0.25) is 0 Å². The normalized spacial score (nSPS) is 10.4. The van der Waals surface area contributed by atoms with Gasteiger partial charge in [-0.15, -0.1) is 11.3 Å². The largest absolute Gasteiger partial charge is 0.494 e. The van der Waals surface area contributed by atoms with E-state index in [4.69, 9.17) is 16.3 Å². The molecule has 0 bridgehead atoms. The highest BCUT2D eigenvalue weighted by Gasteiger charge is 2.06. The van der Waals surface area contributed by atoms with Crippen LogP contribution in [0.25, 0.3) is 0 Å². The predicted molar refractivity (Wildman–Crippen MR) is 77.3 cm³/mol. The summed E-state index contributed by atoms with van der Waals surface area (Å²) in [7, 11) is 1.44. The van der Waals surface area contributed by atoms with Crippen molar-refractivity contribution in [3.8, 4) is 5.75 Å². The number of hydrogen-bond acceptors (Lipinski definition) is 3. The molecular formula is C12H10BrClFNOS. The SMILES string of the molecule is COc1ccc(NCc2cc(Br)c(Cl)s2)cc1F. The van der Waals surface area contributed by atoms with Crippen LogP contribution >= 0.6 is 38.9 Å². The molecule has 2 rings (SSSR count). The topological polar surface area (TPSA) is 21.3 Å². The standard InChI is InChI=1S/C12H10BrClFNOS/c1-17-11-3-2-7(4-10(11)15)16-6-8-5-9(13)12(14)18-8/h2-5,16H,6H2,1H3. The smallest absolute Gasteiger partial charge is 0.167 e. The summed E-state index contributed by atoms with van der Waals surface area (Å²) in [6.45, 7) is 0.599. The third-order valence-corrected chi connectivity index (χ3v) is 4.79. The highest BCUT2D eigenvalue weighted by Crippen LogP contribution is 2.32. The predicted octanol–water partition coefficient (Wildman–Crippen LogP) is 4.92. The molecule has 0 amide bonds. The van der Waals surface area contributed by atoms with Crippen molar-refractivity contribution in [2.75, 3.05) is 12.4 Å². The number of hydrogen-bond donors (Lipinski definition) is 1. The summed E-state index contributed by atoms with van der Waals surface area (Å²) in [5, 5.41) is 3.13. The van der Waals surface area contributed by atoms with Gasteiger partial charge in [-0.25, -0.2) is 4.39 Å². The zero-order valence-corrected chi connectivity index (χ0v) is 12.6. The number of ether oxygens (including phenoxy) is 1. The number of thiophene rings is 1. The summed E-state index contributed by atoms with van der Waals surface area (Å²) in [5.41, 5.74) is 0.703. The monoisotopic (exact) mass is 349 g/mol. The molecule has 96 valence electrons. The fourth-order valence-electron chi connectivity index (χ4n) is 1.44. The number of anilines is 1. The van der Waals surface area contributed by atoms with Gasteiger partial charge in [0.05, 0.1) is 7.11 Å². The molecule has 0 aliphatic rings. The maximum absolute atomic E-state index is 13.5. The van der Waals surface area contributed by atoms with E-state index in [9.17, 15) is 4.39 Å². The number of benzene rings is 1. The molecule has 0 saturated carbocycles. The van der Waals surface area contributed by atoms with Gasteiger partial charge >= 0.3 is 0 Å². The molecule has 1 heterocycles. The lowest BCUT2D eigenvalue weighted by atomic mass is 10.3. The van der Waals surface area contributed by atoms with Gasteiger partial charge in [-0.05, 0) is 34.1 Å². The summed E-state index contributed by atoms with van der Waals surface area (Å²) in [5.74, 6) is -0.143. The molecule has 2 nitrogen and oxygen atoms in total. The van der Waals surface area contributed by atoms with Crippen LogP contribution in [0.2, 0.25) is 4.34 Å². The van der Waals surface area contributed by atoms with E-state index in [1.807, 2.05) is 6.07 Å². The van der Waals surface area contributed by atoms with Crippen molar-refractivity contribution >= 4 is 44.6 Å². The second-order valence-corrected chi connectivity index (χ2v) is 6.13. The molecule has 0 spiro atoms. The summed E-state index contributed by atoms with van der Waals surface area (Å²) < 4.78 is 19.9. The minimum absolute atomic E-state index is 0.238. The molecule has 0 radical (unpaired) electrons. The van der Waals surface area contributed by atoms with E-state index >= 15 is 0 Å². The van der Waals surface area contributed by atoms with Gasteiger partial charge in [-0.2, -0.15) is 0 Å². The Morgan fingerprint density at radius 3 is 2.78 bits per heavy atom. The summed E-state index contributed by atoms with van der Waals surface area (Å²) in [6, 6.07) is 6.71. The van der Waals surface area contributed by atoms with E-state index in [1.54, 1.807) is 12.1 Å². The van der Waals surface area contributed by atoms with Crippen molar-refractivity contribution in [2.24, 2.45) is 0 Å². The van der Waals surface area contributed by atoms with Crippen LogP contribution in [0, 0.1) is 5.82 Å². The second-order valence-electron chi connectivity index (χ2n) is 3.54. The minimum Gasteiger partial charge on any atom is -0.494 e. The Balaban J connectivity index is 2.04. The van der Waals surface area contributed by atoms with Crippen LogP contribution in [-0.4, -0.2) is 7.11 Å². The minimum atomic E-state index is -0.382. The van der Waals surface area contributed by atoms with Gasteiger partial charge in [0.1, 0.15) is 4.34 Å². The van der Waals surface area contributed by atoms with Crippen molar-refractivity contribution < 1.29 is 9.13 Å². The molecular weight excluding hydrogens is 341 g/mol. The first-order chi connectivity index (χ1) is 8.60. The Hall–Kier alpha value is -0.780. The Morgan fingerprint density at radius 1 is 1.44 bits per heavy atom. The van der Waals surface area contributed by atoms with Crippen molar-refractivity contribution in [2.45, 2.75) is 6.54 Å². The molecule has 1 N–H and O–H groups in total. The van der Waals surface area contributed by atoms with E-state index in [0.29, 0.717) is 16.6 Å². The molecule has 0 aliphatic carbocycles. The zero-order chi connectivity index (χ0) is 13.1. The maximum Gasteiger partial charge on any atom is 0.167 e. The fraction of sp³-hybridized carbons (Fsp3) is 0.167. The molecule has 0 fully saturated rings. The molecule has 0 atom stereocenters. The quantitative estimate of drug-likeness (QED) is 0.844. The third kappa shape index (κ3) is 3.16. The van der Waals surface area contributed by atoms with Crippen LogP contribution in [0.5, 0.6) is 5.75 Å². The Labute approximate surface area is 122 Å². The van der Waals surface area contributed by atoms with Crippen molar-refractivity contribution in [3.63, 3.8) is 0 Å². The maximum atomic E-state index is 13.5. The fourth-order valence-corrected chi connectivity index (χ4v) is 3.17. The lowest BCUT2D eigenvalue weighted by molar-refractivity contribution is 0.386. The third-order valence-electron chi connectivity index (χ3n) is 2.31. The molecule has 0 saturated heterocycles. The highest BCUT2D eigenvalue weighted by molar-refractivity contribution is 9.10. The Kier molecular flexibility index (Phi) is 4.48. The zero-order valence-electron chi connectivity index (χ0n) is 9.47. The first-order valence-electron chi connectivity index (χ1n) is 5.11. The second kappa shape index (κ2) is 5.91. The van der Waals surface area contributed by atoms with Crippen molar-refractivity contribution in [1.29, 1.82) is 0 Å². The van der Waals surface area contributed by atoms with E-state index in [-0.39, 0.29) is 11.6 Å². The molecule has 0 unspecified atom stereocenters. The van der Waals surface area contributed by atoms with E-state index in [0.717, 1.165) is 9.35 Å². The van der Waals surface area contributed by atoms with Crippen LogP contribution in [0.3, 0.4) is 0 Å². The molecule has 6 heteroatoms. The summed E-state index contributed by atoms with van der Waals surface area (Å²) in [4.78, 5) is 1.07. The number of methoxy groups -OCH3 is 1. The van der Waals surface area contributed by atoms with Crippen LogP contribution in [0.4, 0.5) is 10.1 Å². The van der Waals surface area contributed by atoms with E-state index < -0.39 is 0 Å². The van der Waals surface area contributed by atoms with Crippen LogP contribution in [0.1, 0.15) is 4.88 Å². The Morgan fingerprint density at radius 2 is 2.22 bits per heavy atom. The first kappa shape index (κ1) is 13.6. The average molecular weight is 351 g/mol. The van der Waals surface area contributed by atoms with E-state index in [2.05, 4.69) is 21.2 Å².